The van der Waals surface area contributed by atoms with Crippen molar-refractivity contribution in [1.29, 1.82) is 0 Å². The van der Waals surface area contributed by atoms with Gasteiger partial charge in [0.2, 0.25) is 0 Å². The van der Waals surface area contributed by atoms with Crippen LogP contribution in [0.25, 0.3) is 32.5 Å². The first-order chi connectivity index (χ1) is 15.0. The third-order valence-corrected chi connectivity index (χ3v) is 6.05. The average Bonchev–Trinajstić information content (AvgIpc) is 3.15. The molecule has 2 aromatic heterocycles. The van der Waals surface area contributed by atoms with Gasteiger partial charge in [-0.3, -0.25) is 14.9 Å². The van der Waals surface area contributed by atoms with Crippen molar-refractivity contribution in [2.24, 2.45) is 0 Å². The van der Waals surface area contributed by atoms with Crippen molar-refractivity contribution in [3.05, 3.63) is 93.1 Å². The third-order valence-electron chi connectivity index (χ3n) is 4.89. The second kappa shape index (κ2) is 7.65. The van der Waals surface area contributed by atoms with E-state index < -0.39 is 0 Å². The molecule has 3 aromatic carbocycles. The van der Waals surface area contributed by atoms with E-state index in [1.807, 2.05) is 31.2 Å². The summed E-state index contributed by atoms with van der Waals surface area (Å²) in [6.07, 6.45) is 0. The molecule has 0 saturated carbocycles. The Bertz CT molecular complexity index is 1520. The number of fused-ring (bicyclic) bond motifs is 2. The molecule has 0 radical (unpaired) electrons. The molecule has 0 bridgehead atoms. The molecule has 0 aliphatic rings. The molecule has 5 aromatic rings. The molecule has 2 heterocycles. The number of carbonyl (C=O) groups excluding carboxylic acids is 1. The van der Waals surface area contributed by atoms with E-state index in [9.17, 15) is 9.59 Å². The number of hydrogen-bond donors (Lipinski definition) is 1. The first-order valence-corrected chi connectivity index (χ1v) is 10.7. The smallest absolute Gasteiger partial charge is 0.257 e. The quantitative estimate of drug-likeness (QED) is 0.354. The summed E-state index contributed by atoms with van der Waals surface area (Å²) >= 11 is 7.37. The molecular weight excluding hydrogens is 432 g/mol. The Balaban J connectivity index is 1.40. The molecule has 31 heavy (non-hydrogen) atoms. The second-order valence-electron chi connectivity index (χ2n) is 7.14. The van der Waals surface area contributed by atoms with Crippen LogP contribution in [0.1, 0.15) is 15.9 Å². The SMILES string of the molecule is Cc1ccc2oc(-c3ccc(C(=O)Nc4nc5ccc(Cl)cc5s4)cc3)cc(=O)c2c1. The zero-order valence-corrected chi connectivity index (χ0v) is 17.9. The average molecular weight is 447 g/mol. The van der Waals surface area contributed by atoms with Crippen molar-refractivity contribution in [3.63, 3.8) is 0 Å². The van der Waals surface area contributed by atoms with Crippen molar-refractivity contribution >= 4 is 55.2 Å². The van der Waals surface area contributed by atoms with Crippen LogP contribution in [0.15, 0.2) is 75.9 Å². The minimum atomic E-state index is -0.271. The Hall–Kier alpha value is -3.48. The molecule has 5 rings (SSSR count). The Labute approximate surface area is 185 Å². The number of nitrogens with one attached hydrogen (secondary N) is 1. The number of benzene rings is 3. The molecule has 1 N–H and O–H groups in total. The van der Waals surface area contributed by atoms with E-state index >= 15 is 0 Å². The minimum Gasteiger partial charge on any atom is -0.456 e. The minimum absolute atomic E-state index is 0.0993. The monoisotopic (exact) mass is 446 g/mol. The van der Waals surface area contributed by atoms with Gasteiger partial charge < -0.3 is 4.42 Å². The topological polar surface area (TPSA) is 72.2 Å². The number of thiazole rings is 1. The van der Waals surface area contributed by atoms with Crippen LogP contribution in [0.4, 0.5) is 5.13 Å². The van der Waals surface area contributed by atoms with E-state index in [2.05, 4.69) is 10.3 Å². The number of carbonyl (C=O) groups is 1. The van der Waals surface area contributed by atoms with Crippen LogP contribution in [-0.2, 0) is 0 Å². The Morgan fingerprint density at radius 2 is 1.84 bits per heavy atom. The highest BCUT2D eigenvalue weighted by molar-refractivity contribution is 7.22. The lowest BCUT2D eigenvalue weighted by atomic mass is 10.1. The highest BCUT2D eigenvalue weighted by Crippen LogP contribution is 2.29. The number of aryl methyl sites for hydroxylation is 1. The summed E-state index contributed by atoms with van der Waals surface area (Å²) in [4.78, 5) is 29.5. The van der Waals surface area contributed by atoms with Gasteiger partial charge in [0, 0.05) is 22.2 Å². The van der Waals surface area contributed by atoms with E-state index in [1.165, 1.54) is 17.4 Å². The number of nitrogens with zero attached hydrogens (tertiary/aromatic N) is 1. The lowest BCUT2D eigenvalue weighted by Gasteiger charge is -2.06. The van der Waals surface area contributed by atoms with Crippen molar-refractivity contribution in [1.82, 2.24) is 4.98 Å². The van der Waals surface area contributed by atoms with Gasteiger partial charge in [0.15, 0.2) is 10.6 Å². The summed E-state index contributed by atoms with van der Waals surface area (Å²) in [5.41, 5.74) is 3.40. The van der Waals surface area contributed by atoms with Crippen LogP contribution < -0.4 is 10.7 Å². The summed E-state index contributed by atoms with van der Waals surface area (Å²) in [7, 11) is 0. The first-order valence-electron chi connectivity index (χ1n) is 9.49. The molecule has 0 fully saturated rings. The summed E-state index contributed by atoms with van der Waals surface area (Å²) in [6.45, 7) is 1.93. The van der Waals surface area contributed by atoms with Gasteiger partial charge in [-0.2, -0.15) is 0 Å². The molecule has 0 spiro atoms. The van der Waals surface area contributed by atoms with Gasteiger partial charge in [0.1, 0.15) is 11.3 Å². The van der Waals surface area contributed by atoms with Gasteiger partial charge in [-0.25, -0.2) is 4.98 Å². The van der Waals surface area contributed by atoms with Crippen LogP contribution >= 0.6 is 22.9 Å². The molecule has 7 heteroatoms. The van der Waals surface area contributed by atoms with E-state index in [1.54, 1.807) is 36.4 Å². The number of anilines is 1. The predicted molar refractivity (Wildman–Crippen MR) is 125 cm³/mol. The van der Waals surface area contributed by atoms with E-state index in [0.29, 0.717) is 38.0 Å². The van der Waals surface area contributed by atoms with Crippen LogP contribution in [-0.4, -0.2) is 10.9 Å². The number of rotatable bonds is 3. The van der Waals surface area contributed by atoms with Crippen LogP contribution in [0, 0.1) is 6.92 Å². The van der Waals surface area contributed by atoms with E-state index in [-0.39, 0.29) is 11.3 Å². The normalized spacial score (nSPS) is 11.2. The lowest BCUT2D eigenvalue weighted by molar-refractivity contribution is 0.102. The maximum absolute atomic E-state index is 12.6. The summed E-state index contributed by atoms with van der Waals surface area (Å²) in [6, 6.07) is 19.3. The maximum atomic E-state index is 12.6. The number of amides is 1. The standard InChI is InChI=1S/C24H15ClN2O3S/c1-13-2-9-20-17(10-13)19(28)12-21(30-20)14-3-5-15(6-4-14)23(29)27-24-26-18-8-7-16(25)11-22(18)31-24/h2-12H,1H3,(H,26,27,29). The predicted octanol–water partition coefficient (Wildman–Crippen LogP) is 6.28. The second-order valence-corrected chi connectivity index (χ2v) is 8.60. The van der Waals surface area contributed by atoms with Crippen LogP contribution in [0.2, 0.25) is 5.02 Å². The maximum Gasteiger partial charge on any atom is 0.257 e. The van der Waals surface area contributed by atoms with Crippen LogP contribution in [0.5, 0.6) is 0 Å². The molecule has 0 atom stereocenters. The molecule has 5 nitrogen and oxygen atoms in total. The summed E-state index contributed by atoms with van der Waals surface area (Å²) < 4.78 is 6.81. The fraction of sp³-hybridized carbons (Fsp3) is 0.0417. The molecule has 0 aliphatic carbocycles. The molecule has 0 aliphatic heterocycles. The van der Waals surface area contributed by atoms with E-state index in [4.69, 9.17) is 16.0 Å². The van der Waals surface area contributed by atoms with E-state index in [0.717, 1.165) is 15.8 Å². The highest BCUT2D eigenvalue weighted by Gasteiger charge is 2.12. The van der Waals surface area contributed by atoms with Crippen molar-refractivity contribution < 1.29 is 9.21 Å². The molecule has 0 saturated heterocycles. The van der Waals surface area contributed by atoms with Crippen molar-refractivity contribution in [2.45, 2.75) is 6.92 Å². The zero-order valence-electron chi connectivity index (χ0n) is 16.3. The van der Waals surface area contributed by atoms with Gasteiger partial charge >= 0.3 is 0 Å². The van der Waals surface area contributed by atoms with Gasteiger partial charge in [-0.15, -0.1) is 0 Å². The van der Waals surface area contributed by atoms with Crippen LogP contribution in [0.3, 0.4) is 0 Å². The Morgan fingerprint density at radius 3 is 2.65 bits per heavy atom. The lowest BCUT2D eigenvalue weighted by Crippen LogP contribution is -2.11. The summed E-state index contributed by atoms with van der Waals surface area (Å²) in [5, 5.41) is 4.50. The fourth-order valence-electron chi connectivity index (χ4n) is 3.32. The van der Waals surface area contributed by atoms with Crippen molar-refractivity contribution in [2.75, 3.05) is 5.32 Å². The highest BCUT2D eigenvalue weighted by atomic mass is 35.5. The zero-order chi connectivity index (χ0) is 21.5. The number of hydrogen-bond acceptors (Lipinski definition) is 5. The number of halogens is 1. The molecule has 152 valence electrons. The first kappa shape index (κ1) is 19.5. The summed E-state index contributed by atoms with van der Waals surface area (Å²) in [5.74, 6) is 0.184. The molecule has 0 unspecified atom stereocenters. The Kier molecular flexibility index (Phi) is 4.81. The third kappa shape index (κ3) is 3.83. The van der Waals surface area contributed by atoms with Gasteiger partial charge in [0.25, 0.3) is 5.91 Å². The van der Waals surface area contributed by atoms with Gasteiger partial charge in [-0.1, -0.05) is 46.7 Å². The fourth-order valence-corrected chi connectivity index (χ4v) is 4.46. The van der Waals surface area contributed by atoms with Gasteiger partial charge in [0.05, 0.1) is 15.6 Å². The Morgan fingerprint density at radius 1 is 1.03 bits per heavy atom. The molecular formula is C24H15ClN2O3S. The molecule has 1 amide bonds. The number of aromatic nitrogens is 1. The largest absolute Gasteiger partial charge is 0.456 e. The van der Waals surface area contributed by atoms with Gasteiger partial charge in [-0.05, 0) is 49.4 Å². The van der Waals surface area contributed by atoms with Crippen molar-refractivity contribution in [3.8, 4) is 11.3 Å².